The number of hydrogen-bond donors (Lipinski definition) is 4. The number of rotatable bonds is 7. The quantitative estimate of drug-likeness (QED) is 0.308. The number of nitrogens with zero attached hydrogens (tertiary/aromatic N) is 2. The summed E-state index contributed by atoms with van der Waals surface area (Å²) in [6, 6.07) is 19.7. The van der Waals surface area contributed by atoms with Gasteiger partial charge in [0.05, 0.1) is 23.5 Å². The van der Waals surface area contributed by atoms with Crippen LogP contribution in [0.15, 0.2) is 66.7 Å². The largest absolute Gasteiger partial charge is 0.490 e. The highest BCUT2D eigenvalue weighted by Gasteiger charge is 2.38. The summed E-state index contributed by atoms with van der Waals surface area (Å²) in [5.74, 6) is -4.17. The Morgan fingerprint density at radius 2 is 1.44 bits per heavy atom. The molecule has 0 atom stereocenters. The number of halogens is 3. The highest BCUT2D eigenvalue weighted by atomic mass is 19.4. The highest BCUT2D eigenvalue weighted by Crippen LogP contribution is 2.29. The summed E-state index contributed by atoms with van der Waals surface area (Å²) >= 11 is 0. The first-order valence-electron chi connectivity index (χ1n) is 13.1. The minimum Gasteiger partial charge on any atom is -0.478 e. The van der Waals surface area contributed by atoms with Crippen LogP contribution in [-0.4, -0.2) is 77.8 Å². The predicted octanol–water partition coefficient (Wildman–Crippen LogP) is 4.65. The molecule has 10 nitrogen and oxygen atoms in total. The van der Waals surface area contributed by atoms with Gasteiger partial charge in [-0.05, 0) is 55.8 Å². The third-order valence-electron chi connectivity index (χ3n) is 6.54. The molecule has 1 heterocycles. The maximum atomic E-state index is 13.0. The van der Waals surface area contributed by atoms with Crippen molar-refractivity contribution in [2.75, 3.05) is 48.3 Å². The SMILES string of the molecule is Cc1ccc(NC(=O)CN2CCN(c3ccc(C(=O)O)cc3NC(=O)c3ccccc3C)CC2)cc1.O=C(O)C(F)(F)F. The van der Waals surface area contributed by atoms with Crippen molar-refractivity contribution in [3.05, 3.63) is 89.0 Å². The third kappa shape index (κ3) is 9.57. The molecule has 0 unspecified atom stereocenters. The van der Waals surface area contributed by atoms with Crippen molar-refractivity contribution < 1.29 is 42.6 Å². The summed E-state index contributed by atoms with van der Waals surface area (Å²) in [5, 5.41) is 22.4. The van der Waals surface area contributed by atoms with E-state index in [0.717, 1.165) is 22.5 Å². The molecule has 3 aromatic carbocycles. The van der Waals surface area contributed by atoms with Gasteiger partial charge in [-0.15, -0.1) is 0 Å². The van der Waals surface area contributed by atoms with Gasteiger partial charge in [0.25, 0.3) is 5.91 Å². The summed E-state index contributed by atoms with van der Waals surface area (Å²) in [4.78, 5) is 50.1. The van der Waals surface area contributed by atoms with Crippen LogP contribution in [0.1, 0.15) is 31.8 Å². The lowest BCUT2D eigenvalue weighted by atomic mass is 10.1. The van der Waals surface area contributed by atoms with E-state index < -0.39 is 18.1 Å². The van der Waals surface area contributed by atoms with Crippen LogP contribution in [0.2, 0.25) is 0 Å². The Balaban J connectivity index is 0.000000646. The van der Waals surface area contributed by atoms with Crippen molar-refractivity contribution in [2.45, 2.75) is 20.0 Å². The number of piperazine rings is 1. The molecule has 0 radical (unpaired) electrons. The van der Waals surface area contributed by atoms with E-state index in [4.69, 9.17) is 9.90 Å². The molecule has 228 valence electrons. The fourth-order valence-corrected chi connectivity index (χ4v) is 4.25. The normalized spacial score (nSPS) is 13.4. The van der Waals surface area contributed by atoms with Crippen molar-refractivity contribution in [1.82, 2.24) is 4.90 Å². The first kappa shape index (κ1) is 32.6. The fraction of sp³-hybridized carbons (Fsp3) is 0.267. The van der Waals surface area contributed by atoms with Crippen LogP contribution in [0.25, 0.3) is 0 Å². The van der Waals surface area contributed by atoms with Gasteiger partial charge in [0.15, 0.2) is 0 Å². The standard InChI is InChI=1S/C28H30N4O4.C2HF3O2/c1-19-7-10-22(11-8-19)29-26(33)18-31-13-15-32(16-14-31)25-12-9-21(28(35)36)17-24(25)30-27(34)23-6-4-3-5-20(23)2;3-2(4,5)1(6)7/h3-12,17H,13-16,18H2,1-2H3,(H,29,33)(H,30,34)(H,35,36);(H,6,7). The molecule has 0 spiro atoms. The number of benzene rings is 3. The van der Waals surface area contributed by atoms with Crippen LogP contribution in [0, 0.1) is 13.8 Å². The Labute approximate surface area is 245 Å². The number of nitrogens with one attached hydrogen (secondary N) is 2. The summed E-state index contributed by atoms with van der Waals surface area (Å²) in [6.07, 6.45) is -5.08. The molecular formula is C30H31F3N4O6. The minimum absolute atomic E-state index is 0.0655. The molecular weight excluding hydrogens is 569 g/mol. The Morgan fingerprint density at radius 3 is 2.00 bits per heavy atom. The van der Waals surface area contributed by atoms with Gasteiger partial charge >= 0.3 is 18.1 Å². The second-order valence-electron chi connectivity index (χ2n) is 9.79. The van der Waals surface area contributed by atoms with Gasteiger partial charge in [-0.2, -0.15) is 13.2 Å². The average molecular weight is 601 g/mol. The van der Waals surface area contributed by atoms with Crippen LogP contribution in [0.3, 0.4) is 0 Å². The van der Waals surface area contributed by atoms with E-state index in [0.29, 0.717) is 37.4 Å². The third-order valence-corrected chi connectivity index (χ3v) is 6.54. The number of carboxylic acids is 2. The maximum absolute atomic E-state index is 13.0. The zero-order valence-electron chi connectivity index (χ0n) is 23.4. The van der Waals surface area contributed by atoms with Gasteiger partial charge in [-0.25, -0.2) is 9.59 Å². The summed E-state index contributed by atoms with van der Waals surface area (Å²) in [6.45, 7) is 6.74. The first-order chi connectivity index (χ1) is 20.2. The molecule has 0 aromatic heterocycles. The Hall–Kier alpha value is -4.91. The van der Waals surface area contributed by atoms with Gasteiger partial charge in [0.2, 0.25) is 5.91 Å². The van der Waals surface area contributed by atoms with Gasteiger partial charge in [0.1, 0.15) is 0 Å². The van der Waals surface area contributed by atoms with Crippen molar-refractivity contribution >= 4 is 40.8 Å². The van der Waals surface area contributed by atoms with E-state index in [9.17, 15) is 32.7 Å². The van der Waals surface area contributed by atoms with E-state index >= 15 is 0 Å². The number of alkyl halides is 3. The van der Waals surface area contributed by atoms with Crippen LogP contribution < -0.4 is 15.5 Å². The van der Waals surface area contributed by atoms with Crippen LogP contribution in [0.4, 0.5) is 30.2 Å². The van der Waals surface area contributed by atoms with Gasteiger partial charge in [-0.3, -0.25) is 14.5 Å². The van der Waals surface area contributed by atoms with E-state index in [-0.39, 0.29) is 23.9 Å². The average Bonchev–Trinajstić information content (AvgIpc) is 2.94. The lowest BCUT2D eigenvalue weighted by molar-refractivity contribution is -0.192. The summed E-state index contributed by atoms with van der Waals surface area (Å²) in [7, 11) is 0. The summed E-state index contributed by atoms with van der Waals surface area (Å²) in [5.41, 5.74) is 4.59. The molecule has 43 heavy (non-hydrogen) atoms. The number of hydrogen-bond acceptors (Lipinski definition) is 6. The molecule has 0 bridgehead atoms. The number of carboxylic acid groups (broad SMARTS) is 2. The zero-order chi connectivity index (χ0) is 31.7. The van der Waals surface area contributed by atoms with E-state index in [1.54, 1.807) is 24.3 Å². The van der Waals surface area contributed by atoms with Crippen molar-refractivity contribution in [3.8, 4) is 0 Å². The lowest BCUT2D eigenvalue weighted by Crippen LogP contribution is -2.48. The predicted molar refractivity (Wildman–Crippen MR) is 155 cm³/mol. The van der Waals surface area contributed by atoms with Crippen molar-refractivity contribution in [1.29, 1.82) is 0 Å². The second-order valence-corrected chi connectivity index (χ2v) is 9.79. The first-order valence-corrected chi connectivity index (χ1v) is 13.1. The Morgan fingerprint density at radius 1 is 0.837 bits per heavy atom. The topological polar surface area (TPSA) is 139 Å². The molecule has 1 aliphatic rings. The van der Waals surface area contributed by atoms with Gasteiger partial charge in [0, 0.05) is 37.4 Å². The zero-order valence-corrected chi connectivity index (χ0v) is 23.4. The Bertz CT molecular complexity index is 1470. The molecule has 1 fully saturated rings. The second kappa shape index (κ2) is 14.3. The molecule has 0 saturated carbocycles. The number of amides is 2. The molecule has 3 aromatic rings. The number of aryl methyl sites for hydroxylation is 2. The van der Waals surface area contributed by atoms with Crippen molar-refractivity contribution in [2.24, 2.45) is 0 Å². The van der Waals surface area contributed by atoms with Crippen molar-refractivity contribution in [3.63, 3.8) is 0 Å². The lowest BCUT2D eigenvalue weighted by Gasteiger charge is -2.36. The smallest absolute Gasteiger partial charge is 0.478 e. The molecule has 0 aliphatic carbocycles. The molecule has 1 saturated heterocycles. The van der Waals surface area contributed by atoms with E-state index in [2.05, 4.69) is 20.4 Å². The number of carbonyl (C=O) groups excluding carboxylic acids is 2. The maximum Gasteiger partial charge on any atom is 0.490 e. The van der Waals surface area contributed by atoms with Crippen LogP contribution >= 0.6 is 0 Å². The van der Waals surface area contributed by atoms with E-state index in [1.165, 1.54) is 6.07 Å². The Kier molecular flexibility index (Phi) is 10.9. The number of aromatic carboxylic acids is 1. The fourth-order valence-electron chi connectivity index (χ4n) is 4.25. The monoisotopic (exact) mass is 600 g/mol. The highest BCUT2D eigenvalue weighted by molar-refractivity contribution is 6.07. The summed E-state index contributed by atoms with van der Waals surface area (Å²) < 4.78 is 31.7. The van der Waals surface area contributed by atoms with Crippen LogP contribution in [0.5, 0.6) is 0 Å². The molecule has 4 N–H and O–H groups in total. The molecule has 1 aliphatic heterocycles. The molecule has 4 rings (SSSR count). The number of aliphatic carboxylic acids is 1. The van der Waals surface area contributed by atoms with Gasteiger partial charge in [-0.1, -0.05) is 35.9 Å². The minimum atomic E-state index is -5.08. The molecule has 13 heteroatoms. The number of anilines is 3. The van der Waals surface area contributed by atoms with Crippen LogP contribution in [-0.2, 0) is 9.59 Å². The number of carbonyl (C=O) groups is 4. The van der Waals surface area contributed by atoms with Gasteiger partial charge < -0.3 is 25.7 Å². The van der Waals surface area contributed by atoms with E-state index in [1.807, 2.05) is 50.2 Å². The molecule has 2 amide bonds.